The lowest BCUT2D eigenvalue weighted by atomic mass is 9.97. The largest absolute Gasteiger partial charge is 0.508 e. The number of carbonyl (C=O) groups is 4. The number of rotatable bonds is 14. The summed E-state index contributed by atoms with van der Waals surface area (Å²) in [6, 6.07) is 5.50. The second-order valence-corrected chi connectivity index (χ2v) is 14.3. The molecule has 2 aromatic carbocycles. The van der Waals surface area contributed by atoms with Crippen molar-refractivity contribution in [1.82, 2.24) is 0 Å². The van der Waals surface area contributed by atoms with Crippen LogP contribution in [0.2, 0.25) is 0 Å². The third kappa shape index (κ3) is 9.99. The fraction of sp³-hybridized carbons (Fsp3) is 0.410. The van der Waals surface area contributed by atoms with Gasteiger partial charge in [0, 0.05) is 36.9 Å². The second kappa shape index (κ2) is 18.8. The molecule has 0 aromatic heterocycles. The first-order valence-corrected chi connectivity index (χ1v) is 18.5. The maximum atomic E-state index is 12.4. The number of hydrogen-bond donors (Lipinski definition) is 11. The van der Waals surface area contributed by atoms with Crippen LogP contribution in [0.3, 0.4) is 0 Å². The zero-order chi connectivity index (χ0) is 44.3. The summed E-state index contributed by atoms with van der Waals surface area (Å²) in [7, 11) is 0. The van der Waals surface area contributed by atoms with E-state index in [0.717, 1.165) is 12.2 Å². The van der Waals surface area contributed by atoms with Crippen molar-refractivity contribution in [2.45, 2.75) is 86.3 Å². The molecule has 0 unspecified atom stereocenters. The smallest absolute Gasteiger partial charge is 0.354 e. The average molecular weight is 859 g/mol. The number of phenolic OH excluding ortho intramolecular Hbond substituents is 2. The Morgan fingerprint density at radius 3 is 2.16 bits per heavy atom. The van der Waals surface area contributed by atoms with Gasteiger partial charge in [-0.1, -0.05) is 12.1 Å². The molecule has 328 valence electrons. The Balaban J connectivity index is 1.22. The number of phenols is 2. The molecular formula is C39H42N2O20. The van der Waals surface area contributed by atoms with Crippen LogP contribution in [0.1, 0.15) is 17.5 Å². The van der Waals surface area contributed by atoms with Gasteiger partial charge in [0.2, 0.25) is 6.29 Å². The molecule has 6 rings (SSSR count). The van der Waals surface area contributed by atoms with Gasteiger partial charge in [0.25, 0.3) is 0 Å². The number of aliphatic carboxylic acids is 3. The van der Waals surface area contributed by atoms with Crippen LogP contribution in [0.4, 0.5) is 5.69 Å². The van der Waals surface area contributed by atoms with Crippen molar-refractivity contribution in [2.24, 2.45) is 4.99 Å². The van der Waals surface area contributed by atoms with Crippen molar-refractivity contribution >= 4 is 41.4 Å². The Kier molecular flexibility index (Phi) is 13.7. The molecule has 4 heterocycles. The van der Waals surface area contributed by atoms with Crippen molar-refractivity contribution in [2.75, 3.05) is 18.1 Å². The molecule has 12 atom stereocenters. The lowest BCUT2D eigenvalue weighted by molar-refractivity contribution is -0.358. The number of dihydropyridines is 1. The number of allylic oxidation sites excluding steroid dienone is 1. The summed E-state index contributed by atoms with van der Waals surface area (Å²) in [5.41, 5.74) is 0.640. The predicted molar refractivity (Wildman–Crippen MR) is 202 cm³/mol. The SMILES string of the molecule is O=C(/C=C/c1ccc(O)cc1)OC[C@H]1O[C@@H](O[C@H]2[C@H](Oc3cc4c(cc3O)C[C@@H](C(=O)O)N4/C=C/C3=CC(C(=O)O)=N[C@H](C(=O)O)C3)O[C@H](CO)[C@@H](O)[C@@H]2O)[C@H](O)[C@@H](O)[C@@H]1O. The number of carboxylic acids is 3. The van der Waals surface area contributed by atoms with E-state index in [9.17, 15) is 75.3 Å². The second-order valence-electron chi connectivity index (χ2n) is 14.3. The maximum Gasteiger partial charge on any atom is 0.354 e. The Morgan fingerprint density at radius 2 is 1.51 bits per heavy atom. The van der Waals surface area contributed by atoms with E-state index in [2.05, 4.69) is 4.99 Å². The van der Waals surface area contributed by atoms with E-state index < -0.39 is 128 Å². The minimum atomic E-state index is -2.03. The molecular weight excluding hydrogens is 816 g/mol. The van der Waals surface area contributed by atoms with Crippen LogP contribution in [0, 0.1) is 0 Å². The standard InChI is InChI=1S/C39H42N2O20/c42-14-26-29(46)32(49)34(61-38-33(50)31(48)30(47)27(60-38)15-57-28(45)6-3-16-1-4-19(43)5-2-16)39(59-26)58-25-13-22-18(12-24(25)44)11-23(37(55)56)41(22)8-7-17-9-20(35(51)52)40-21(10-17)36(53)54/h1-9,12-13,21,23,26-27,29-34,38-39,42-44,46-50H,10-11,14-15H2,(H,51,52)(H,53,54)(H,55,56)/b6-3+,8-7+/t21-,23-,26+,27+,29+,30+,31-,32-,33+,34+,38-,39+/m0/s1. The maximum absolute atomic E-state index is 12.4. The number of aliphatic hydroxyl groups is 6. The third-order valence-electron chi connectivity index (χ3n) is 10.2. The van der Waals surface area contributed by atoms with Crippen molar-refractivity contribution in [1.29, 1.82) is 0 Å². The molecule has 4 aliphatic heterocycles. The zero-order valence-electron chi connectivity index (χ0n) is 31.6. The first kappa shape index (κ1) is 44.6. The molecule has 2 saturated heterocycles. The summed E-state index contributed by atoms with van der Waals surface area (Å²) < 4.78 is 28.2. The van der Waals surface area contributed by atoms with E-state index in [1.807, 2.05) is 0 Å². The topological polar surface area (TPSA) is 353 Å². The summed E-state index contributed by atoms with van der Waals surface area (Å²) >= 11 is 0. The van der Waals surface area contributed by atoms with Crippen LogP contribution in [0.15, 0.2) is 71.4 Å². The van der Waals surface area contributed by atoms with Gasteiger partial charge in [-0.05, 0) is 53.1 Å². The molecule has 22 nitrogen and oxygen atoms in total. The van der Waals surface area contributed by atoms with Gasteiger partial charge in [0.1, 0.15) is 66.8 Å². The first-order valence-electron chi connectivity index (χ1n) is 18.5. The highest BCUT2D eigenvalue weighted by Gasteiger charge is 2.52. The van der Waals surface area contributed by atoms with Gasteiger partial charge in [-0.25, -0.2) is 19.2 Å². The summed E-state index contributed by atoms with van der Waals surface area (Å²) in [6.07, 6.45) is -12.6. The molecule has 0 saturated carbocycles. The predicted octanol–water partition coefficient (Wildman–Crippen LogP) is -2.00. The van der Waals surface area contributed by atoms with Gasteiger partial charge in [0.05, 0.1) is 6.61 Å². The number of aliphatic hydroxyl groups excluding tert-OH is 6. The highest BCUT2D eigenvalue weighted by atomic mass is 16.8. The average Bonchev–Trinajstić information content (AvgIpc) is 3.58. The summed E-state index contributed by atoms with van der Waals surface area (Å²) in [6.45, 7) is -1.55. The van der Waals surface area contributed by atoms with Crippen molar-refractivity contribution in [3.8, 4) is 17.2 Å². The zero-order valence-corrected chi connectivity index (χ0v) is 31.6. The number of carboxylic acid groups (broad SMARTS) is 3. The fourth-order valence-electron chi connectivity index (χ4n) is 6.93. The summed E-state index contributed by atoms with van der Waals surface area (Å²) in [4.78, 5) is 53.0. The van der Waals surface area contributed by atoms with Crippen LogP contribution >= 0.6 is 0 Å². The fourth-order valence-corrected chi connectivity index (χ4v) is 6.93. The Morgan fingerprint density at radius 1 is 0.820 bits per heavy atom. The van der Waals surface area contributed by atoms with E-state index in [4.69, 9.17) is 23.7 Å². The van der Waals surface area contributed by atoms with Crippen LogP contribution in [0.5, 0.6) is 17.2 Å². The summed E-state index contributed by atoms with van der Waals surface area (Å²) in [5, 5.41) is 113. The van der Waals surface area contributed by atoms with E-state index in [-0.39, 0.29) is 29.9 Å². The molecule has 2 aromatic rings. The summed E-state index contributed by atoms with van der Waals surface area (Å²) in [5.74, 6) is -6.06. The minimum absolute atomic E-state index is 0.00669. The van der Waals surface area contributed by atoms with Crippen molar-refractivity contribution < 1.29 is 99.0 Å². The number of fused-ring (bicyclic) bond motifs is 1. The molecule has 0 aliphatic carbocycles. The minimum Gasteiger partial charge on any atom is -0.508 e. The Hall–Kier alpha value is -5.95. The number of ether oxygens (including phenoxy) is 5. The molecule has 11 N–H and O–H groups in total. The Bertz CT molecular complexity index is 2100. The van der Waals surface area contributed by atoms with Gasteiger partial charge in [-0.15, -0.1) is 0 Å². The number of anilines is 1. The molecule has 0 spiro atoms. The molecule has 2 fully saturated rings. The number of aromatic hydroxyl groups is 2. The molecule has 0 radical (unpaired) electrons. The number of esters is 1. The van der Waals surface area contributed by atoms with Crippen LogP contribution < -0.4 is 9.64 Å². The van der Waals surface area contributed by atoms with Crippen molar-refractivity contribution in [3.63, 3.8) is 0 Å². The Labute approximate surface area is 344 Å². The number of carbonyl (C=O) groups excluding carboxylic acids is 1. The van der Waals surface area contributed by atoms with E-state index in [1.165, 1.54) is 59.7 Å². The van der Waals surface area contributed by atoms with Gasteiger partial charge < -0.3 is 84.8 Å². The van der Waals surface area contributed by atoms with Crippen LogP contribution in [-0.4, -0.2) is 172 Å². The quantitative estimate of drug-likeness (QED) is 0.0723. The number of hydrogen-bond acceptors (Lipinski definition) is 19. The number of aliphatic imine (C=N–C) groups is 1. The van der Waals surface area contributed by atoms with Gasteiger partial charge in [-0.3, -0.25) is 4.99 Å². The van der Waals surface area contributed by atoms with E-state index in [1.54, 1.807) is 0 Å². The highest BCUT2D eigenvalue weighted by Crippen LogP contribution is 2.42. The van der Waals surface area contributed by atoms with Gasteiger partial charge in [-0.2, -0.15) is 0 Å². The van der Waals surface area contributed by atoms with Crippen molar-refractivity contribution in [3.05, 3.63) is 77.5 Å². The van der Waals surface area contributed by atoms with Gasteiger partial charge in [0.15, 0.2) is 29.9 Å². The van der Waals surface area contributed by atoms with Gasteiger partial charge >= 0.3 is 23.9 Å². The molecule has 0 amide bonds. The lowest BCUT2D eigenvalue weighted by Gasteiger charge is -2.45. The van der Waals surface area contributed by atoms with Crippen LogP contribution in [0.25, 0.3) is 6.08 Å². The molecule has 61 heavy (non-hydrogen) atoms. The third-order valence-corrected chi connectivity index (χ3v) is 10.2. The molecule has 0 bridgehead atoms. The number of benzene rings is 2. The highest BCUT2D eigenvalue weighted by molar-refractivity contribution is 6.41. The normalized spacial score (nSPS) is 31.3. The lowest BCUT2D eigenvalue weighted by Crippen LogP contribution is -2.65. The van der Waals surface area contributed by atoms with E-state index in [0.29, 0.717) is 11.1 Å². The monoisotopic (exact) mass is 858 g/mol. The first-order chi connectivity index (χ1) is 28.9. The molecule has 22 heteroatoms. The molecule has 4 aliphatic rings. The van der Waals surface area contributed by atoms with Crippen LogP contribution in [-0.2, 0) is 44.5 Å². The van der Waals surface area contributed by atoms with E-state index >= 15 is 0 Å². The number of nitrogens with zero attached hydrogens (tertiary/aromatic N) is 2.